The van der Waals surface area contributed by atoms with E-state index in [4.69, 9.17) is 5.73 Å². The van der Waals surface area contributed by atoms with Crippen molar-refractivity contribution < 1.29 is 14.0 Å². The molecule has 1 aromatic rings. The maximum atomic E-state index is 13.9. The van der Waals surface area contributed by atoms with Crippen LogP contribution in [0.3, 0.4) is 0 Å². The van der Waals surface area contributed by atoms with Gasteiger partial charge in [-0.3, -0.25) is 9.59 Å². The lowest BCUT2D eigenvalue weighted by molar-refractivity contribution is -0.129. The third-order valence-electron chi connectivity index (χ3n) is 2.73. The molecule has 6 heteroatoms. The Labute approximate surface area is 111 Å². The maximum Gasteiger partial charge on any atom is 0.257 e. The first-order chi connectivity index (χ1) is 8.73. The first kappa shape index (κ1) is 14.9. The van der Waals surface area contributed by atoms with Crippen molar-refractivity contribution in [3.63, 3.8) is 0 Å². The third kappa shape index (κ3) is 3.43. The van der Waals surface area contributed by atoms with Crippen LogP contribution in [0.2, 0.25) is 0 Å². The van der Waals surface area contributed by atoms with Gasteiger partial charge >= 0.3 is 0 Å². The van der Waals surface area contributed by atoms with E-state index in [0.717, 1.165) is 0 Å². The molecular weight excluding hydrogens is 249 g/mol. The number of nitrogens with two attached hydrogens (primary N) is 1. The number of hydrogen-bond acceptors (Lipinski definition) is 3. The lowest BCUT2D eigenvalue weighted by atomic mass is 10.1. The molecule has 0 aliphatic rings. The number of anilines is 1. The van der Waals surface area contributed by atoms with Crippen molar-refractivity contribution in [2.45, 2.75) is 6.92 Å². The molecule has 1 aromatic carbocycles. The SMILES string of the molecule is Cc1cc(N)cc(C(=O)N(C)CC(=O)N(C)C)c1F. The minimum atomic E-state index is -0.608. The highest BCUT2D eigenvalue weighted by Gasteiger charge is 2.20. The number of carbonyl (C=O) groups is 2. The molecule has 0 aromatic heterocycles. The van der Waals surface area contributed by atoms with E-state index in [-0.39, 0.29) is 18.0 Å². The molecule has 0 spiro atoms. The number of hydrogen-bond donors (Lipinski definition) is 1. The molecule has 0 unspecified atom stereocenters. The van der Waals surface area contributed by atoms with Crippen molar-refractivity contribution in [2.24, 2.45) is 0 Å². The largest absolute Gasteiger partial charge is 0.399 e. The molecule has 0 saturated heterocycles. The van der Waals surface area contributed by atoms with Crippen LogP contribution in [0.15, 0.2) is 12.1 Å². The fraction of sp³-hybridized carbons (Fsp3) is 0.385. The van der Waals surface area contributed by atoms with Gasteiger partial charge in [-0.2, -0.15) is 0 Å². The summed E-state index contributed by atoms with van der Waals surface area (Å²) in [5.74, 6) is -1.41. The van der Waals surface area contributed by atoms with E-state index in [1.54, 1.807) is 14.1 Å². The zero-order chi connectivity index (χ0) is 14.7. The number of carbonyl (C=O) groups excluding carboxylic acids is 2. The lowest BCUT2D eigenvalue weighted by Gasteiger charge is -2.20. The Balaban J connectivity index is 2.98. The topological polar surface area (TPSA) is 66.6 Å². The Hall–Kier alpha value is -2.11. The minimum Gasteiger partial charge on any atom is -0.399 e. The Morgan fingerprint density at radius 2 is 1.84 bits per heavy atom. The van der Waals surface area contributed by atoms with Gasteiger partial charge in [0.05, 0.1) is 12.1 Å². The first-order valence-corrected chi connectivity index (χ1v) is 5.75. The van der Waals surface area contributed by atoms with Crippen LogP contribution in [0, 0.1) is 12.7 Å². The molecule has 5 nitrogen and oxygen atoms in total. The van der Waals surface area contributed by atoms with Gasteiger partial charge in [-0.1, -0.05) is 0 Å². The average Bonchev–Trinajstić information content (AvgIpc) is 2.32. The van der Waals surface area contributed by atoms with Crippen molar-refractivity contribution in [3.05, 3.63) is 29.1 Å². The van der Waals surface area contributed by atoms with Gasteiger partial charge in [0, 0.05) is 26.8 Å². The lowest BCUT2D eigenvalue weighted by Crippen LogP contribution is -2.38. The van der Waals surface area contributed by atoms with Crippen LogP contribution in [0.5, 0.6) is 0 Å². The molecule has 1 rings (SSSR count). The molecule has 0 saturated carbocycles. The fourth-order valence-electron chi connectivity index (χ4n) is 1.57. The van der Waals surface area contributed by atoms with E-state index >= 15 is 0 Å². The van der Waals surface area contributed by atoms with Crippen molar-refractivity contribution in [2.75, 3.05) is 33.4 Å². The second-order valence-corrected chi connectivity index (χ2v) is 4.65. The summed E-state index contributed by atoms with van der Waals surface area (Å²) in [7, 11) is 4.62. The summed E-state index contributed by atoms with van der Waals surface area (Å²) >= 11 is 0. The molecular formula is C13H18FN3O2. The molecule has 0 fully saturated rings. The van der Waals surface area contributed by atoms with Crippen molar-refractivity contribution in [1.29, 1.82) is 0 Å². The zero-order valence-corrected chi connectivity index (χ0v) is 11.5. The summed E-state index contributed by atoms with van der Waals surface area (Å²) in [5.41, 5.74) is 6.10. The summed E-state index contributed by atoms with van der Waals surface area (Å²) in [5, 5.41) is 0. The minimum absolute atomic E-state index is 0.112. The summed E-state index contributed by atoms with van der Waals surface area (Å²) in [4.78, 5) is 26.1. The highest BCUT2D eigenvalue weighted by molar-refractivity contribution is 5.97. The summed E-state index contributed by atoms with van der Waals surface area (Å²) in [6.07, 6.45) is 0. The van der Waals surface area contributed by atoms with Crippen LogP contribution in [0.1, 0.15) is 15.9 Å². The molecule has 104 valence electrons. The number of nitrogen functional groups attached to an aromatic ring is 1. The van der Waals surface area contributed by atoms with Crippen LogP contribution in [0.25, 0.3) is 0 Å². The van der Waals surface area contributed by atoms with E-state index in [9.17, 15) is 14.0 Å². The number of benzene rings is 1. The predicted molar refractivity (Wildman–Crippen MR) is 71.2 cm³/mol. The van der Waals surface area contributed by atoms with Crippen LogP contribution < -0.4 is 5.73 Å². The first-order valence-electron chi connectivity index (χ1n) is 5.75. The Morgan fingerprint density at radius 3 is 2.37 bits per heavy atom. The summed E-state index contributed by atoms with van der Waals surface area (Å²) in [6, 6.07) is 2.73. The number of amides is 2. The standard InChI is InChI=1S/C13H18FN3O2/c1-8-5-9(15)6-10(12(8)14)13(19)17(4)7-11(18)16(2)3/h5-6H,7,15H2,1-4H3. The van der Waals surface area contributed by atoms with Gasteiger partial charge < -0.3 is 15.5 Å². The molecule has 0 radical (unpaired) electrons. The van der Waals surface area contributed by atoms with Gasteiger partial charge in [0.1, 0.15) is 5.82 Å². The summed E-state index contributed by atoms with van der Waals surface area (Å²) < 4.78 is 13.9. The quantitative estimate of drug-likeness (QED) is 0.827. The Morgan fingerprint density at radius 1 is 1.26 bits per heavy atom. The summed E-state index contributed by atoms with van der Waals surface area (Å²) in [6.45, 7) is 1.42. The van der Waals surface area contributed by atoms with E-state index in [2.05, 4.69) is 0 Å². The fourth-order valence-corrected chi connectivity index (χ4v) is 1.57. The molecule has 2 N–H and O–H groups in total. The predicted octanol–water partition coefficient (Wildman–Crippen LogP) is 0.877. The second kappa shape index (κ2) is 5.69. The third-order valence-corrected chi connectivity index (χ3v) is 2.73. The maximum absolute atomic E-state index is 13.9. The van der Waals surface area contributed by atoms with Crippen molar-refractivity contribution in [1.82, 2.24) is 9.80 Å². The van der Waals surface area contributed by atoms with E-state index in [1.165, 1.54) is 35.9 Å². The molecule has 0 atom stereocenters. The second-order valence-electron chi connectivity index (χ2n) is 4.65. The molecule has 2 amide bonds. The van der Waals surface area contributed by atoms with Crippen LogP contribution >= 0.6 is 0 Å². The van der Waals surface area contributed by atoms with Crippen molar-refractivity contribution >= 4 is 17.5 Å². The zero-order valence-electron chi connectivity index (χ0n) is 11.5. The van der Waals surface area contributed by atoms with Crippen LogP contribution in [0.4, 0.5) is 10.1 Å². The van der Waals surface area contributed by atoms with Gasteiger partial charge in [-0.15, -0.1) is 0 Å². The Bertz CT molecular complexity index is 515. The van der Waals surface area contributed by atoms with E-state index in [0.29, 0.717) is 11.3 Å². The number of aryl methyl sites for hydroxylation is 1. The van der Waals surface area contributed by atoms with Crippen LogP contribution in [-0.4, -0.2) is 49.3 Å². The smallest absolute Gasteiger partial charge is 0.257 e. The van der Waals surface area contributed by atoms with Gasteiger partial charge in [0.2, 0.25) is 5.91 Å². The van der Waals surface area contributed by atoms with Gasteiger partial charge in [0.15, 0.2) is 0 Å². The monoisotopic (exact) mass is 267 g/mol. The Kier molecular flexibility index (Phi) is 4.47. The number of nitrogens with zero attached hydrogens (tertiary/aromatic N) is 2. The van der Waals surface area contributed by atoms with E-state index in [1.807, 2.05) is 0 Å². The average molecular weight is 267 g/mol. The van der Waals surface area contributed by atoms with E-state index < -0.39 is 11.7 Å². The molecule has 19 heavy (non-hydrogen) atoms. The molecule has 0 aliphatic carbocycles. The van der Waals surface area contributed by atoms with Gasteiger partial charge in [-0.05, 0) is 24.6 Å². The molecule has 0 aliphatic heterocycles. The number of likely N-dealkylation sites (N-methyl/N-ethyl adjacent to an activating group) is 2. The molecule has 0 bridgehead atoms. The van der Waals surface area contributed by atoms with Crippen LogP contribution in [-0.2, 0) is 4.79 Å². The number of rotatable bonds is 3. The highest BCUT2D eigenvalue weighted by Crippen LogP contribution is 2.18. The highest BCUT2D eigenvalue weighted by atomic mass is 19.1. The van der Waals surface area contributed by atoms with Gasteiger partial charge in [0.25, 0.3) is 5.91 Å². The normalized spacial score (nSPS) is 10.2. The van der Waals surface area contributed by atoms with Gasteiger partial charge in [-0.25, -0.2) is 4.39 Å². The molecule has 0 heterocycles. The van der Waals surface area contributed by atoms with Crippen molar-refractivity contribution in [3.8, 4) is 0 Å². The number of halogens is 1.